The van der Waals surface area contributed by atoms with Crippen LogP contribution in [0, 0.1) is 25.7 Å². The van der Waals surface area contributed by atoms with E-state index in [1.54, 1.807) is 0 Å². The Balaban J connectivity index is 1.39. The topological polar surface area (TPSA) is 58.2 Å². The first-order chi connectivity index (χ1) is 12.5. The normalized spacial score (nSPS) is 18.2. The van der Waals surface area contributed by atoms with E-state index < -0.39 is 0 Å². The van der Waals surface area contributed by atoms with Gasteiger partial charge in [0.15, 0.2) is 0 Å². The van der Waals surface area contributed by atoms with Crippen molar-refractivity contribution in [3.63, 3.8) is 0 Å². The van der Waals surface area contributed by atoms with Gasteiger partial charge in [0.25, 0.3) is 0 Å². The number of rotatable bonds is 7. The number of hydrogen-bond donors (Lipinski definition) is 2. The average Bonchev–Trinajstić information content (AvgIpc) is 3.44. The minimum atomic E-state index is -0.203. The zero-order valence-electron chi connectivity index (χ0n) is 15.4. The van der Waals surface area contributed by atoms with Crippen molar-refractivity contribution < 1.29 is 9.59 Å². The maximum Gasteiger partial charge on any atom is 0.228 e. The van der Waals surface area contributed by atoms with E-state index in [4.69, 9.17) is 0 Å². The molecule has 0 heterocycles. The van der Waals surface area contributed by atoms with Gasteiger partial charge in [-0.25, -0.2) is 0 Å². The zero-order valence-corrected chi connectivity index (χ0v) is 15.4. The fourth-order valence-corrected chi connectivity index (χ4v) is 3.11. The van der Waals surface area contributed by atoms with E-state index >= 15 is 0 Å². The number of aryl methyl sites for hydroxylation is 3. The molecule has 2 N–H and O–H groups in total. The molecule has 0 aromatic heterocycles. The number of carbonyl (C=O) groups excluding carboxylic acids is 2. The molecule has 2 aromatic rings. The number of benzene rings is 2. The van der Waals surface area contributed by atoms with E-state index in [-0.39, 0.29) is 23.7 Å². The van der Waals surface area contributed by atoms with Gasteiger partial charge in [-0.3, -0.25) is 9.59 Å². The molecule has 136 valence electrons. The molecule has 0 saturated heterocycles. The van der Waals surface area contributed by atoms with E-state index in [0.29, 0.717) is 13.0 Å². The van der Waals surface area contributed by atoms with Crippen LogP contribution in [0.5, 0.6) is 0 Å². The van der Waals surface area contributed by atoms with E-state index in [9.17, 15) is 9.59 Å². The van der Waals surface area contributed by atoms with Gasteiger partial charge in [0.1, 0.15) is 0 Å². The van der Waals surface area contributed by atoms with Gasteiger partial charge < -0.3 is 10.6 Å². The van der Waals surface area contributed by atoms with E-state index in [1.807, 2.05) is 50.2 Å². The zero-order chi connectivity index (χ0) is 18.5. The highest BCUT2D eigenvalue weighted by Gasteiger charge is 2.47. The summed E-state index contributed by atoms with van der Waals surface area (Å²) in [4.78, 5) is 24.5. The Morgan fingerprint density at radius 2 is 1.69 bits per heavy atom. The minimum absolute atomic E-state index is 0.00158. The highest BCUT2D eigenvalue weighted by Crippen LogP contribution is 2.39. The first-order valence-corrected chi connectivity index (χ1v) is 9.24. The summed E-state index contributed by atoms with van der Waals surface area (Å²) < 4.78 is 0. The predicted molar refractivity (Wildman–Crippen MR) is 104 cm³/mol. The quantitative estimate of drug-likeness (QED) is 0.749. The summed E-state index contributed by atoms with van der Waals surface area (Å²) >= 11 is 0. The van der Waals surface area contributed by atoms with Gasteiger partial charge in [-0.15, -0.1) is 0 Å². The summed E-state index contributed by atoms with van der Waals surface area (Å²) in [5, 5.41) is 5.89. The molecule has 0 bridgehead atoms. The number of carbonyl (C=O) groups is 2. The lowest BCUT2D eigenvalue weighted by molar-refractivity contribution is -0.125. The van der Waals surface area contributed by atoms with Crippen LogP contribution >= 0.6 is 0 Å². The van der Waals surface area contributed by atoms with Crippen LogP contribution in [0.1, 0.15) is 29.5 Å². The van der Waals surface area contributed by atoms with Crippen LogP contribution in [0.25, 0.3) is 0 Å². The van der Waals surface area contributed by atoms with Gasteiger partial charge in [-0.05, 0) is 61.9 Å². The third kappa shape index (κ3) is 4.72. The molecule has 2 atom stereocenters. The van der Waals surface area contributed by atoms with Gasteiger partial charge in [0, 0.05) is 12.2 Å². The van der Waals surface area contributed by atoms with Crippen molar-refractivity contribution in [1.29, 1.82) is 0 Å². The molecule has 3 rings (SSSR count). The number of nitrogens with one attached hydrogen (secondary N) is 2. The molecule has 4 heteroatoms. The van der Waals surface area contributed by atoms with E-state index in [2.05, 4.69) is 22.8 Å². The standard InChI is InChI=1S/C22H26N2O2/c1-15-10-11-18(13-16(15)2)24-22(26)20-14-19(20)21(25)23-12-6-9-17-7-4-3-5-8-17/h3-5,7-8,10-11,13,19-20H,6,9,12,14H2,1-2H3,(H,23,25)(H,24,26). The second-order valence-corrected chi connectivity index (χ2v) is 7.12. The molecule has 1 fully saturated rings. The fraction of sp³-hybridized carbons (Fsp3) is 0.364. The summed E-state index contributed by atoms with van der Waals surface area (Å²) in [7, 11) is 0. The fourth-order valence-electron chi connectivity index (χ4n) is 3.11. The van der Waals surface area contributed by atoms with Crippen LogP contribution < -0.4 is 10.6 Å². The van der Waals surface area contributed by atoms with E-state index in [0.717, 1.165) is 24.1 Å². The largest absolute Gasteiger partial charge is 0.356 e. The van der Waals surface area contributed by atoms with Crippen LogP contribution in [0.3, 0.4) is 0 Å². The summed E-state index contributed by atoms with van der Waals surface area (Å²) in [6.07, 6.45) is 2.49. The third-order valence-corrected chi connectivity index (χ3v) is 5.02. The maximum atomic E-state index is 12.3. The molecule has 2 aromatic carbocycles. The molecule has 1 saturated carbocycles. The molecular weight excluding hydrogens is 324 g/mol. The molecule has 2 unspecified atom stereocenters. The number of anilines is 1. The average molecular weight is 350 g/mol. The third-order valence-electron chi connectivity index (χ3n) is 5.02. The van der Waals surface area contributed by atoms with Crippen LogP contribution in [-0.4, -0.2) is 18.4 Å². The van der Waals surface area contributed by atoms with Gasteiger partial charge in [0.05, 0.1) is 11.8 Å². The smallest absolute Gasteiger partial charge is 0.228 e. The van der Waals surface area contributed by atoms with Crippen molar-refractivity contribution >= 4 is 17.5 Å². The van der Waals surface area contributed by atoms with E-state index in [1.165, 1.54) is 11.1 Å². The lowest BCUT2D eigenvalue weighted by atomic mass is 10.1. The molecule has 4 nitrogen and oxygen atoms in total. The van der Waals surface area contributed by atoms with Crippen molar-refractivity contribution in [3.8, 4) is 0 Å². The Labute approximate surface area is 155 Å². The number of hydrogen-bond acceptors (Lipinski definition) is 2. The SMILES string of the molecule is Cc1ccc(NC(=O)C2CC2C(=O)NCCCc2ccccc2)cc1C. The summed E-state index contributed by atoms with van der Waals surface area (Å²) in [5.74, 6) is -0.444. The first-order valence-electron chi connectivity index (χ1n) is 9.24. The van der Waals surface area contributed by atoms with Crippen molar-refractivity contribution in [3.05, 3.63) is 65.2 Å². The van der Waals surface area contributed by atoms with Crippen molar-refractivity contribution in [1.82, 2.24) is 5.32 Å². The van der Waals surface area contributed by atoms with Gasteiger partial charge in [-0.2, -0.15) is 0 Å². The summed E-state index contributed by atoms with van der Waals surface area (Å²) in [6.45, 7) is 4.71. The lowest BCUT2D eigenvalue weighted by Crippen LogP contribution is -2.28. The highest BCUT2D eigenvalue weighted by atomic mass is 16.2. The molecule has 1 aliphatic carbocycles. The Morgan fingerprint density at radius 1 is 0.962 bits per heavy atom. The van der Waals surface area contributed by atoms with Gasteiger partial charge in [-0.1, -0.05) is 36.4 Å². The maximum absolute atomic E-state index is 12.3. The molecule has 1 aliphatic rings. The summed E-state index contributed by atoms with van der Waals surface area (Å²) in [5.41, 5.74) is 4.42. The van der Waals surface area contributed by atoms with Gasteiger partial charge >= 0.3 is 0 Å². The van der Waals surface area contributed by atoms with Crippen molar-refractivity contribution in [2.24, 2.45) is 11.8 Å². The Hall–Kier alpha value is -2.62. The first kappa shape index (κ1) is 18.2. The molecule has 0 spiro atoms. The van der Waals surface area contributed by atoms with Crippen LogP contribution in [-0.2, 0) is 16.0 Å². The second kappa shape index (κ2) is 8.17. The molecule has 26 heavy (non-hydrogen) atoms. The van der Waals surface area contributed by atoms with Crippen molar-refractivity contribution in [2.45, 2.75) is 33.1 Å². The predicted octanol–water partition coefficient (Wildman–Crippen LogP) is 3.63. The molecule has 2 amide bonds. The highest BCUT2D eigenvalue weighted by molar-refractivity contribution is 5.99. The Bertz CT molecular complexity index is 786. The lowest BCUT2D eigenvalue weighted by Gasteiger charge is -2.08. The van der Waals surface area contributed by atoms with Crippen molar-refractivity contribution in [2.75, 3.05) is 11.9 Å². The molecule has 0 aliphatic heterocycles. The van der Waals surface area contributed by atoms with Crippen LogP contribution in [0.4, 0.5) is 5.69 Å². The Morgan fingerprint density at radius 3 is 2.42 bits per heavy atom. The summed E-state index contributed by atoms with van der Waals surface area (Å²) in [6, 6.07) is 16.1. The van der Waals surface area contributed by atoms with Crippen LogP contribution in [0.2, 0.25) is 0 Å². The molecule has 0 radical (unpaired) electrons. The number of amides is 2. The second-order valence-electron chi connectivity index (χ2n) is 7.12. The molecular formula is C22H26N2O2. The van der Waals surface area contributed by atoms with Crippen LogP contribution in [0.15, 0.2) is 48.5 Å². The van der Waals surface area contributed by atoms with Gasteiger partial charge in [0.2, 0.25) is 11.8 Å². The minimum Gasteiger partial charge on any atom is -0.356 e. The monoisotopic (exact) mass is 350 g/mol. The Kier molecular flexibility index (Phi) is 5.71.